The molecule has 0 saturated heterocycles. The van der Waals surface area contributed by atoms with Gasteiger partial charge in [-0.3, -0.25) is 0 Å². The molecular formula is C16H22N2. The van der Waals surface area contributed by atoms with E-state index in [2.05, 4.69) is 48.5 Å². The maximum absolute atomic E-state index is 3.53. The summed E-state index contributed by atoms with van der Waals surface area (Å²) in [5.74, 6) is 0.741. The van der Waals surface area contributed by atoms with Crippen molar-refractivity contribution in [3.05, 3.63) is 35.5 Å². The number of nitrogens with one attached hydrogen (secondary N) is 2. The zero-order valence-corrected chi connectivity index (χ0v) is 11.3. The summed E-state index contributed by atoms with van der Waals surface area (Å²) >= 11 is 0. The van der Waals surface area contributed by atoms with Gasteiger partial charge in [0.05, 0.1) is 0 Å². The molecular weight excluding hydrogens is 220 g/mol. The Kier molecular flexibility index (Phi) is 3.13. The summed E-state index contributed by atoms with van der Waals surface area (Å²) in [5, 5.41) is 4.85. The number of aromatic nitrogens is 1. The molecule has 18 heavy (non-hydrogen) atoms. The van der Waals surface area contributed by atoms with Crippen molar-refractivity contribution in [3.63, 3.8) is 0 Å². The number of fused-ring (bicyclic) bond motifs is 1. The smallest absolute Gasteiger partial charge is 0.0458 e. The van der Waals surface area contributed by atoms with E-state index in [0.29, 0.717) is 0 Å². The zero-order valence-electron chi connectivity index (χ0n) is 11.3. The van der Waals surface area contributed by atoms with Crippen LogP contribution in [-0.2, 0) is 0 Å². The Bertz CT molecular complexity index is 533. The minimum atomic E-state index is 0.728. The first-order valence-corrected chi connectivity index (χ1v) is 7.04. The van der Waals surface area contributed by atoms with E-state index in [1.165, 1.54) is 42.3 Å². The van der Waals surface area contributed by atoms with Gasteiger partial charge in [0.15, 0.2) is 0 Å². The maximum Gasteiger partial charge on any atom is 0.0458 e. The molecule has 0 atom stereocenters. The van der Waals surface area contributed by atoms with Crippen LogP contribution < -0.4 is 5.32 Å². The third kappa shape index (κ3) is 1.95. The lowest BCUT2D eigenvalue weighted by Gasteiger charge is -2.28. The summed E-state index contributed by atoms with van der Waals surface area (Å²) in [6.07, 6.45) is 5.24. The minimum absolute atomic E-state index is 0.728. The normalized spacial score (nSPS) is 24.6. The average Bonchev–Trinajstić information content (AvgIpc) is 2.75. The SMILES string of the molecule is CNC1CCC(c2c(C)[nH]c3ccccc23)CC1. The van der Waals surface area contributed by atoms with Crippen LogP contribution in [0.3, 0.4) is 0 Å². The van der Waals surface area contributed by atoms with Crippen LogP contribution in [0.15, 0.2) is 24.3 Å². The van der Waals surface area contributed by atoms with Crippen LogP contribution in [0, 0.1) is 6.92 Å². The second kappa shape index (κ2) is 4.77. The molecule has 0 bridgehead atoms. The number of hydrogen-bond acceptors (Lipinski definition) is 1. The lowest BCUT2D eigenvalue weighted by Crippen LogP contribution is -2.29. The molecule has 1 aliphatic carbocycles. The van der Waals surface area contributed by atoms with Crippen LogP contribution >= 0.6 is 0 Å². The standard InChI is InChI=1S/C16H22N2/c1-11-16(12-7-9-13(17-2)10-8-12)14-5-3-4-6-15(14)18-11/h3-6,12-13,17-18H,7-10H2,1-2H3. The Morgan fingerprint density at radius 1 is 1.11 bits per heavy atom. The molecule has 1 aliphatic rings. The quantitative estimate of drug-likeness (QED) is 0.825. The monoisotopic (exact) mass is 242 g/mol. The van der Waals surface area contributed by atoms with E-state index in [4.69, 9.17) is 0 Å². The Balaban J connectivity index is 1.92. The first-order valence-electron chi connectivity index (χ1n) is 7.04. The van der Waals surface area contributed by atoms with E-state index >= 15 is 0 Å². The number of rotatable bonds is 2. The number of H-pyrrole nitrogens is 1. The topological polar surface area (TPSA) is 27.8 Å². The zero-order chi connectivity index (χ0) is 12.5. The van der Waals surface area contributed by atoms with E-state index in [9.17, 15) is 0 Å². The summed E-state index contributed by atoms with van der Waals surface area (Å²) in [6.45, 7) is 2.22. The highest BCUT2D eigenvalue weighted by molar-refractivity contribution is 5.85. The number of para-hydroxylation sites is 1. The molecule has 2 N–H and O–H groups in total. The fourth-order valence-electron chi connectivity index (χ4n) is 3.50. The van der Waals surface area contributed by atoms with Crippen LogP contribution in [-0.4, -0.2) is 18.1 Å². The van der Waals surface area contributed by atoms with Crippen molar-refractivity contribution in [2.24, 2.45) is 0 Å². The van der Waals surface area contributed by atoms with E-state index < -0.39 is 0 Å². The van der Waals surface area contributed by atoms with Crippen molar-refractivity contribution in [2.45, 2.75) is 44.6 Å². The molecule has 1 fully saturated rings. The van der Waals surface area contributed by atoms with E-state index in [0.717, 1.165) is 12.0 Å². The molecule has 96 valence electrons. The van der Waals surface area contributed by atoms with Crippen LogP contribution in [0.2, 0.25) is 0 Å². The molecule has 2 nitrogen and oxygen atoms in total. The van der Waals surface area contributed by atoms with Gasteiger partial charge in [-0.05, 0) is 57.2 Å². The van der Waals surface area contributed by atoms with Crippen LogP contribution in [0.4, 0.5) is 0 Å². The minimum Gasteiger partial charge on any atom is -0.358 e. The van der Waals surface area contributed by atoms with Crippen molar-refractivity contribution < 1.29 is 0 Å². The van der Waals surface area contributed by atoms with E-state index in [-0.39, 0.29) is 0 Å². The first-order chi connectivity index (χ1) is 8.79. The van der Waals surface area contributed by atoms with Crippen LogP contribution in [0.1, 0.15) is 42.9 Å². The van der Waals surface area contributed by atoms with Crippen molar-refractivity contribution in [2.75, 3.05) is 7.05 Å². The van der Waals surface area contributed by atoms with Gasteiger partial charge >= 0.3 is 0 Å². The van der Waals surface area contributed by atoms with Gasteiger partial charge in [0.25, 0.3) is 0 Å². The third-order valence-corrected chi connectivity index (χ3v) is 4.49. The van der Waals surface area contributed by atoms with Crippen molar-refractivity contribution in [3.8, 4) is 0 Å². The van der Waals surface area contributed by atoms with Gasteiger partial charge in [-0.25, -0.2) is 0 Å². The lowest BCUT2D eigenvalue weighted by molar-refractivity contribution is 0.359. The Hall–Kier alpha value is -1.28. The molecule has 0 spiro atoms. The Morgan fingerprint density at radius 3 is 2.56 bits per heavy atom. The molecule has 1 aromatic carbocycles. The van der Waals surface area contributed by atoms with Crippen molar-refractivity contribution in [1.29, 1.82) is 0 Å². The fourth-order valence-corrected chi connectivity index (χ4v) is 3.50. The van der Waals surface area contributed by atoms with Gasteiger partial charge in [0.1, 0.15) is 0 Å². The Morgan fingerprint density at radius 2 is 1.83 bits per heavy atom. The van der Waals surface area contributed by atoms with Crippen LogP contribution in [0.5, 0.6) is 0 Å². The highest BCUT2D eigenvalue weighted by atomic mass is 14.9. The van der Waals surface area contributed by atoms with Gasteiger partial charge in [-0.2, -0.15) is 0 Å². The van der Waals surface area contributed by atoms with Crippen molar-refractivity contribution in [1.82, 2.24) is 10.3 Å². The number of aromatic amines is 1. The third-order valence-electron chi connectivity index (χ3n) is 4.49. The molecule has 2 heteroatoms. The van der Waals surface area contributed by atoms with E-state index in [1.54, 1.807) is 5.56 Å². The summed E-state index contributed by atoms with van der Waals surface area (Å²) in [4.78, 5) is 3.53. The molecule has 2 aromatic rings. The number of benzene rings is 1. The van der Waals surface area contributed by atoms with Gasteiger partial charge in [0, 0.05) is 22.6 Å². The maximum atomic E-state index is 3.53. The molecule has 1 heterocycles. The lowest BCUT2D eigenvalue weighted by atomic mass is 9.81. The predicted octanol–water partition coefficient (Wildman–Crippen LogP) is 3.72. The first kappa shape index (κ1) is 11.8. The van der Waals surface area contributed by atoms with Gasteiger partial charge in [0.2, 0.25) is 0 Å². The van der Waals surface area contributed by atoms with Gasteiger partial charge < -0.3 is 10.3 Å². The number of aryl methyl sites for hydroxylation is 1. The van der Waals surface area contributed by atoms with Gasteiger partial charge in [-0.1, -0.05) is 18.2 Å². The average molecular weight is 242 g/mol. The molecule has 3 rings (SSSR count). The summed E-state index contributed by atoms with van der Waals surface area (Å²) in [7, 11) is 2.09. The van der Waals surface area contributed by atoms with Crippen molar-refractivity contribution >= 4 is 10.9 Å². The summed E-state index contributed by atoms with van der Waals surface area (Å²) in [6, 6.07) is 9.44. The summed E-state index contributed by atoms with van der Waals surface area (Å²) < 4.78 is 0. The van der Waals surface area contributed by atoms with Crippen LogP contribution in [0.25, 0.3) is 10.9 Å². The molecule has 1 saturated carbocycles. The fraction of sp³-hybridized carbons (Fsp3) is 0.500. The second-order valence-electron chi connectivity index (χ2n) is 5.55. The van der Waals surface area contributed by atoms with E-state index in [1.807, 2.05) is 0 Å². The predicted molar refractivity (Wildman–Crippen MR) is 77.1 cm³/mol. The largest absolute Gasteiger partial charge is 0.358 e. The molecule has 0 amide bonds. The molecule has 0 unspecified atom stereocenters. The Labute approximate surface area is 109 Å². The highest BCUT2D eigenvalue weighted by Gasteiger charge is 2.24. The molecule has 1 aromatic heterocycles. The number of hydrogen-bond donors (Lipinski definition) is 2. The van der Waals surface area contributed by atoms with Gasteiger partial charge in [-0.15, -0.1) is 0 Å². The highest BCUT2D eigenvalue weighted by Crippen LogP contribution is 2.38. The second-order valence-corrected chi connectivity index (χ2v) is 5.55. The molecule has 0 radical (unpaired) electrons. The summed E-state index contributed by atoms with van der Waals surface area (Å²) in [5.41, 5.74) is 4.23. The molecule has 0 aliphatic heterocycles.